The summed E-state index contributed by atoms with van der Waals surface area (Å²) in [5, 5.41) is 3.86. The highest BCUT2D eigenvalue weighted by molar-refractivity contribution is 5.69. The zero-order chi connectivity index (χ0) is 18.5. The van der Waals surface area contributed by atoms with Gasteiger partial charge in [0.05, 0.1) is 6.42 Å². The molecule has 2 heterocycles. The number of rotatable bonds is 6. The molecule has 140 valence electrons. The predicted octanol–water partition coefficient (Wildman–Crippen LogP) is 3.46. The van der Waals surface area contributed by atoms with Crippen LogP contribution in [0.25, 0.3) is 11.6 Å². The SMILES string of the molecule is CC(C)[C@H]1CC[C@@H](C)C[C@@H]1OC(=O)CCc1nc(-c2ncccn2)no1. The fraction of sp³-hybridized carbons (Fsp3) is 0.632. The molecule has 2 aromatic heterocycles. The van der Waals surface area contributed by atoms with Crippen molar-refractivity contribution >= 4 is 5.97 Å². The van der Waals surface area contributed by atoms with Crippen molar-refractivity contribution in [1.29, 1.82) is 0 Å². The number of nitrogens with zero attached hydrogens (tertiary/aromatic N) is 4. The lowest BCUT2D eigenvalue weighted by molar-refractivity contribution is -0.156. The summed E-state index contributed by atoms with van der Waals surface area (Å²) in [5.74, 6) is 2.49. The van der Waals surface area contributed by atoms with Crippen LogP contribution in [0.2, 0.25) is 0 Å². The summed E-state index contributed by atoms with van der Waals surface area (Å²) in [5.41, 5.74) is 0. The fourth-order valence-corrected chi connectivity index (χ4v) is 3.55. The lowest BCUT2D eigenvalue weighted by Gasteiger charge is -2.36. The maximum Gasteiger partial charge on any atom is 0.306 e. The number of carbonyl (C=O) groups is 1. The molecule has 0 aliphatic heterocycles. The van der Waals surface area contributed by atoms with E-state index in [1.54, 1.807) is 18.5 Å². The van der Waals surface area contributed by atoms with Crippen molar-refractivity contribution in [2.45, 2.75) is 59.0 Å². The largest absolute Gasteiger partial charge is 0.462 e. The van der Waals surface area contributed by atoms with E-state index >= 15 is 0 Å². The molecule has 3 atom stereocenters. The normalized spacial score (nSPS) is 23.2. The van der Waals surface area contributed by atoms with Gasteiger partial charge in [-0.15, -0.1) is 0 Å². The highest BCUT2D eigenvalue weighted by atomic mass is 16.5. The van der Waals surface area contributed by atoms with Gasteiger partial charge < -0.3 is 9.26 Å². The van der Waals surface area contributed by atoms with Gasteiger partial charge in [0.15, 0.2) is 0 Å². The maximum absolute atomic E-state index is 12.3. The van der Waals surface area contributed by atoms with E-state index < -0.39 is 0 Å². The van der Waals surface area contributed by atoms with Gasteiger partial charge in [0.2, 0.25) is 17.5 Å². The molecule has 0 saturated heterocycles. The van der Waals surface area contributed by atoms with Crippen LogP contribution in [0.3, 0.4) is 0 Å². The first-order chi connectivity index (χ1) is 12.5. The molecule has 0 amide bonds. The van der Waals surface area contributed by atoms with Crippen LogP contribution >= 0.6 is 0 Å². The molecule has 1 aliphatic carbocycles. The molecule has 26 heavy (non-hydrogen) atoms. The van der Waals surface area contributed by atoms with Crippen molar-refractivity contribution in [2.75, 3.05) is 0 Å². The Labute approximate surface area is 153 Å². The minimum absolute atomic E-state index is 0.0159. The number of aryl methyl sites for hydroxylation is 1. The minimum Gasteiger partial charge on any atom is -0.462 e. The van der Waals surface area contributed by atoms with E-state index in [1.807, 2.05) is 0 Å². The molecular weight excluding hydrogens is 332 g/mol. The van der Waals surface area contributed by atoms with E-state index in [9.17, 15) is 4.79 Å². The molecule has 0 bridgehead atoms. The Morgan fingerprint density at radius 3 is 2.77 bits per heavy atom. The van der Waals surface area contributed by atoms with Gasteiger partial charge in [0, 0.05) is 18.8 Å². The summed E-state index contributed by atoms with van der Waals surface area (Å²) in [6.45, 7) is 6.63. The smallest absolute Gasteiger partial charge is 0.306 e. The van der Waals surface area contributed by atoms with E-state index in [4.69, 9.17) is 9.26 Å². The molecule has 7 nitrogen and oxygen atoms in total. The van der Waals surface area contributed by atoms with Gasteiger partial charge in [0.1, 0.15) is 6.10 Å². The standard InChI is InChI=1S/C19H26N4O3/c1-12(2)14-6-5-13(3)11-15(14)25-17(24)8-7-16-22-19(23-26-16)18-20-9-4-10-21-18/h4,9-10,12-15H,5-8,11H2,1-3H3/t13-,14-,15+/m1/s1. The molecule has 7 heteroatoms. The summed E-state index contributed by atoms with van der Waals surface area (Å²) in [6.07, 6.45) is 7.12. The molecule has 0 spiro atoms. The molecule has 0 aromatic carbocycles. The fourth-order valence-electron chi connectivity index (χ4n) is 3.55. The third-order valence-corrected chi connectivity index (χ3v) is 5.02. The Balaban J connectivity index is 1.53. The first kappa shape index (κ1) is 18.5. The van der Waals surface area contributed by atoms with E-state index in [-0.39, 0.29) is 18.5 Å². The van der Waals surface area contributed by atoms with Crippen molar-refractivity contribution in [3.8, 4) is 11.6 Å². The second kappa shape index (κ2) is 8.38. The zero-order valence-electron chi connectivity index (χ0n) is 15.6. The van der Waals surface area contributed by atoms with Crippen LogP contribution in [-0.2, 0) is 16.0 Å². The van der Waals surface area contributed by atoms with Crippen LogP contribution in [0.1, 0.15) is 52.3 Å². The average Bonchev–Trinajstić information content (AvgIpc) is 3.09. The molecule has 2 aromatic rings. The van der Waals surface area contributed by atoms with E-state index in [2.05, 4.69) is 40.9 Å². The number of ether oxygens (including phenoxy) is 1. The summed E-state index contributed by atoms with van der Waals surface area (Å²) in [7, 11) is 0. The Morgan fingerprint density at radius 2 is 2.04 bits per heavy atom. The average molecular weight is 358 g/mol. The Hall–Kier alpha value is -2.31. The molecule has 1 aliphatic rings. The van der Waals surface area contributed by atoms with Gasteiger partial charge in [-0.3, -0.25) is 4.79 Å². The summed E-state index contributed by atoms with van der Waals surface area (Å²) >= 11 is 0. The van der Waals surface area contributed by atoms with Crippen molar-refractivity contribution in [3.05, 3.63) is 24.4 Å². The Morgan fingerprint density at radius 1 is 1.27 bits per heavy atom. The first-order valence-corrected chi connectivity index (χ1v) is 9.32. The number of esters is 1. The summed E-state index contributed by atoms with van der Waals surface area (Å²) in [6, 6.07) is 1.72. The highest BCUT2D eigenvalue weighted by Gasteiger charge is 2.33. The second-order valence-electron chi connectivity index (χ2n) is 7.44. The van der Waals surface area contributed by atoms with Gasteiger partial charge in [-0.1, -0.05) is 32.3 Å². The van der Waals surface area contributed by atoms with Crippen LogP contribution < -0.4 is 0 Å². The van der Waals surface area contributed by atoms with Crippen LogP contribution in [0.4, 0.5) is 0 Å². The van der Waals surface area contributed by atoms with E-state index in [1.165, 1.54) is 6.42 Å². The highest BCUT2D eigenvalue weighted by Crippen LogP contribution is 2.35. The predicted molar refractivity (Wildman–Crippen MR) is 94.9 cm³/mol. The third-order valence-electron chi connectivity index (χ3n) is 5.02. The third kappa shape index (κ3) is 4.65. The molecule has 1 saturated carbocycles. The second-order valence-corrected chi connectivity index (χ2v) is 7.44. The molecule has 0 N–H and O–H groups in total. The lowest BCUT2D eigenvalue weighted by Crippen LogP contribution is -2.35. The topological polar surface area (TPSA) is 91.0 Å². The Kier molecular flexibility index (Phi) is 5.96. The monoisotopic (exact) mass is 358 g/mol. The van der Waals surface area contributed by atoms with Gasteiger partial charge >= 0.3 is 5.97 Å². The van der Waals surface area contributed by atoms with E-state index in [0.29, 0.717) is 41.7 Å². The number of carbonyl (C=O) groups excluding carboxylic acids is 1. The summed E-state index contributed by atoms with van der Waals surface area (Å²) in [4.78, 5) is 24.7. The number of hydrogen-bond acceptors (Lipinski definition) is 7. The van der Waals surface area contributed by atoms with Gasteiger partial charge in [-0.05, 0) is 36.7 Å². The van der Waals surface area contributed by atoms with Crippen molar-refractivity contribution in [1.82, 2.24) is 20.1 Å². The quantitative estimate of drug-likeness (QED) is 0.730. The van der Waals surface area contributed by atoms with Crippen molar-refractivity contribution in [3.63, 3.8) is 0 Å². The van der Waals surface area contributed by atoms with Gasteiger partial charge in [-0.2, -0.15) is 4.98 Å². The van der Waals surface area contributed by atoms with Crippen LogP contribution in [0.5, 0.6) is 0 Å². The molecule has 0 radical (unpaired) electrons. The Bertz CT molecular complexity index is 717. The van der Waals surface area contributed by atoms with E-state index in [0.717, 1.165) is 12.8 Å². The molecular formula is C19H26N4O3. The van der Waals surface area contributed by atoms with Crippen molar-refractivity contribution in [2.24, 2.45) is 17.8 Å². The zero-order valence-corrected chi connectivity index (χ0v) is 15.6. The minimum atomic E-state index is -0.203. The number of hydrogen-bond donors (Lipinski definition) is 0. The summed E-state index contributed by atoms with van der Waals surface area (Å²) < 4.78 is 11.0. The first-order valence-electron chi connectivity index (χ1n) is 9.32. The molecule has 0 unspecified atom stereocenters. The van der Waals surface area contributed by atoms with Crippen molar-refractivity contribution < 1.29 is 14.1 Å². The van der Waals surface area contributed by atoms with Crippen LogP contribution in [0.15, 0.2) is 23.0 Å². The van der Waals surface area contributed by atoms with Crippen LogP contribution in [-0.4, -0.2) is 32.2 Å². The maximum atomic E-state index is 12.3. The van der Waals surface area contributed by atoms with Gasteiger partial charge in [0.25, 0.3) is 0 Å². The van der Waals surface area contributed by atoms with Crippen LogP contribution in [0, 0.1) is 17.8 Å². The molecule has 3 rings (SSSR count). The van der Waals surface area contributed by atoms with Gasteiger partial charge in [-0.25, -0.2) is 9.97 Å². The lowest BCUT2D eigenvalue weighted by atomic mass is 9.75. The number of aromatic nitrogens is 4. The molecule has 1 fully saturated rings.